The number of likely N-dealkylation sites (N-methyl/N-ethyl adjacent to an activating group) is 1. The second kappa shape index (κ2) is 8.78. The highest BCUT2D eigenvalue weighted by atomic mass is 16.2. The third-order valence-electron chi connectivity index (χ3n) is 5.44. The number of hydrogen-bond acceptors (Lipinski definition) is 5. The molecule has 2 saturated heterocycles. The zero-order valence-corrected chi connectivity index (χ0v) is 16.8. The molecule has 0 saturated carbocycles. The van der Waals surface area contributed by atoms with E-state index in [1.54, 1.807) is 6.20 Å². The highest BCUT2D eigenvalue weighted by Gasteiger charge is 2.31. The number of amides is 2. The van der Waals surface area contributed by atoms with Gasteiger partial charge in [-0.25, -0.2) is 9.97 Å². The highest BCUT2D eigenvalue weighted by molar-refractivity contribution is 5.95. The van der Waals surface area contributed by atoms with Crippen molar-refractivity contribution in [1.82, 2.24) is 24.7 Å². The lowest BCUT2D eigenvalue weighted by Gasteiger charge is -2.35. The van der Waals surface area contributed by atoms with Crippen molar-refractivity contribution in [3.05, 3.63) is 23.3 Å². The van der Waals surface area contributed by atoms with Crippen molar-refractivity contribution in [3.63, 3.8) is 0 Å². The van der Waals surface area contributed by atoms with Crippen LogP contribution in [0.4, 0.5) is 0 Å². The van der Waals surface area contributed by atoms with E-state index in [1.165, 1.54) is 6.42 Å². The molecule has 1 aromatic heterocycles. The van der Waals surface area contributed by atoms with Gasteiger partial charge >= 0.3 is 0 Å². The molecular formula is C20H31N5O2. The molecule has 148 valence electrons. The fourth-order valence-electron chi connectivity index (χ4n) is 3.98. The second-order valence-electron chi connectivity index (χ2n) is 7.92. The summed E-state index contributed by atoms with van der Waals surface area (Å²) in [5, 5.41) is 0. The first-order valence-electron chi connectivity index (χ1n) is 10.0. The van der Waals surface area contributed by atoms with Crippen LogP contribution in [0.25, 0.3) is 0 Å². The van der Waals surface area contributed by atoms with Crippen molar-refractivity contribution in [2.75, 3.05) is 40.3 Å². The van der Waals surface area contributed by atoms with Gasteiger partial charge in [-0.15, -0.1) is 0 Å². The average molecular weight is 374 g/mol. The molecule has 0 N–H and O–H groups in total. The molecular weight excluding hydrogens is 342 g/mol. The smallest absolute Gasteiger partial charge is 0.257 e. The molecule has 2 aliphatic rings. The molecule has 7 nitrogen and oxygen atoms in total. The maximum atomic E-state index is 12.8. The summed E-state index contributed by atoms with van der Waals surface area (Å²) >= 11 is 0. The molecule has 2 amide bonds. The molecule has 3 heterocycles. The van der Waals surface area contributed by atoms with Crippen molar-refractivity contribution >= 4 is 11.8 Å². The van der Waals surface area contributed by atoms with Crippen LogP contribution in [0.15, 0.2) is 6.20 Å². The first-order chi connectivity index (χ1) is 13.0. The Morgan fingerprint density at radius 1 is 1.11 bits per heavy atom. The minimum Gasteiger partial charge on any atom is -0.339 e. The van der Waals surface area contributed by atoms with Gasteiger partial charge in [0.25, 0.3) is 5.91 Å². The van der Waals surface area contributed by atoms with E-state index in [-0.39, 0.29) is 17.9 Å². The van der Waals surface area contributed by atoms with E-state index in [0.717, 1.165) is 51.7 Å². The minimum atomic E-state index is -0.0935. The quantitative estimate of drug-likeness (QED) is 0.808. The van der Waals surface area contributed by atoms with Gasteiger partial charge in [0.2, 0.25) is 5.91 Å². The Kier molecular flexibility index (Phi) is 6.42. The summed E-state index contributed by atoms with van der Waals surface area (Å²) in [6.07, 6.45) is 7.93. The molecule has 0 unspecified atom stereocenters. The number of carbonyl (C=O) groups is 2. The third kappa shape index (κ3) is 4.64. The monoisotopic (exact) mass is 373 g/mol. The maximum Gasteiger partial charge on any atom is 0.257 e. The minimum absolute atomic E-state index is 0.0305. The van der Waals surface area contributed by atoms with Crippen molar-refractivity contribution in [3.8, 4) is 0 Å². The van der Waals surface area contributed by atoms with Crippen LogP contribution in [-0.4, -0.2) is 76.8 Å². The van der Waals surface area contributed by atoms with E-state index in [4.69, 9.17) is 0 Å². The number of piperidine rings is 2. The third-order valence-corrected chi connectivity index (χ3v) is 5.44. The van der Waals surface area contributed by atoms with Crippen LogP contribution in [0.3, 0.4) is 0 Å². The Morgan fingerprint density at radius 3 is 2.48 bits per heavy atom. The molecule has 1 aromatic rings. The summed E-state index contributed by atoms with van der Waals surface area (Å²) in [6.45, 7) is 4.64. The maximum absolute atomic E-state index is 12.8. The van der Waals surface area contributed by atoms with Gasteiger partial charge in [-0.05, 0) is 59.5 Å². The predicted molar refractivity (Wildman–Crippen MR) is 103 cm³/mol. The molecule has 1 atom stereocenters. The predicted octanol–water partition coefficient (Wildman–Crippen LogP) is 2.03. The van der Waals surface area contributed by atoms with E-state index in [9.17, 15) is 9.59 Å². The number of nitrogens with zero attached hydrogens (tertiary/aromatic N) is 5. The Balaban J connectivity index is 1.78. The van der Waals surface area contributed by atoms with Crippen molar-refractivity contribution in [2.45, 2.75) is 51.5 Å². The summed E-state index contributed by atoms with van der Waals surface area (Å²) < 4.78 is 0. The molecule has 7 heteroatoms. The Bertz CT molecular complexity index is 685. The van der Waals surface area contributed by atoms with Gasteiger partial charge in [-0.2, -0.15) is 0 Å². The van der Waals surface area contributed by atoms with E-state index < -0.39 is 0 Å². The second-order valence-corrected chi connectivity index (χ2v) is 7.92. The summed E-state index contributed by atoms with van der Waals surface area (Å²) in [5.41, 5.74) is 1.30. The fraction of sp³-hybridized carbons (Fsp3) is 0.700. The Hall–Kier alpha value is -2.02. The molecule has 2 fully saturated rings. The number of likely N-dealkylation sites (tertiary alicyclic amines) is 2. The lowest BCUT2D eigenvalue weighted by atomic mass is 10.0. The molecule has 0 spiro atoms. The SMILES string of the molecule is Cc1nc([C@@H]2CCCCN2C(=O)CN(C)C)ncc1C(=O)N1CCCCC1. The number of hydrogen-bond donors (Lipinski definition) is 0. The number of aryl methyl sites for hydroxylation is 1. The molecule has 3 rings (SSSR count). The topological polar surface area (TPSA) is 69.6 Å². The average Bonchev–Trinajstić information content (AvgIpc) is 2.67. The van der Waals surface area contributed by atoms with E-state index in [1.807, 2.05) is 35.7 Å². The zero-order valence-electron chi connectivity index (χ0n) is 16.8. The fourth-order valence-corrected chi connectivity index (χ4v) is 3.98. The van der Waals surface area contributed by atoms with E-state index in [2.05, 4.69) is 9.97 Å². The molecule has 0 aliphatic carbocycles. The van der Waals surface area contributed by atoms with Crippen LogP contribution in [0.2, 0.25) is 0 Å². The summed E-state index contributed by atoms with van der Waals surface area (Å²) in [5.74, 6) is 0.803. The summed E-state index contributed by atoms with van der Waals surface area (Å²) in [6, 6.07) is -0.0935. The van der Waals surface area contributed by atoms with Crippen LogP contribution >= 0.6 is 0 Å². The number of rotatable bonds is 4. The first kappa shape index (κ1) is 19.7. The lowest BCUT2D eigenvalue weighted by molar-refractivity contribution is -0.135. The van der Waals surface area contributed by atoms with Gasteiger partial charge < -0.3 is 14.7 Å². The Labute approximate surface area is 161 Å². The molecule has 0 radical (unpaired) electrons. The van der Waals surface area contributed by atoms with Crippen molar-refractivity contribution < 1.29 is 9.59 Å². The van der Waals surface area contributed by atoms with Crippen LogP contribution in [0.1, 0.15) is 66.4 Å². The standard InChI is InChI=1S/C20H31N5O2/c1-15-16(20(27)24-10-6-4-7-11-24)13-21-19(22-15)17-9-5-8-12-25(17)18(26)14-23(2)3/h13,17H,4-12,14H2,1-3H3/t17-/m0/s1. The largest absolute Gasteiger partial charge is 0.339 e. The highest BCUT2D eigenvalue weighted by Crippen LogP contribution is 2.29. The van der Waals surface area contributed by atoms with Gasteiger partial charge in [0.05, 0.1) is 23.8 Å². The van der Waals surface area contributed by atoms with Crippen molar-refractivity contribution in [1.29, 1.82) is 0 Å². The van der Waals surface area contributed by atoms with Crippen LogP contribution in [0, 0.1) is 6.92 Å². The van der Waals surface area contributed by atoms with Crippen LogP contribution in [0.5, 0.6) is 0 Å². The van der Waals surface area contributed by atoms with Gasteiger partial charge in [0.1, 0.15) is 0 Å². The molecule has 27 heavy (non-hydrogen) atoms. The van der Waals surface area contributed by atoms with Gasteiger partial charge in [0.15, 0.2) is 5.82 Å². The summed E-state index contributed by atoms with van der Waals surface area (Å²) in [4.78, 5) is 40.3. The summed E-state index contributed by atoms with van der Waals surface area (Å²) in [7, 11) is 3.80. The van der Waals surface area contributed by atoms with Crippen LogP contribution in [-0.2, 0) is 4.79 Å². The van der Waals surface area contributed by atoms with Gasteiger partial charge in [-0.3, -0.25) is 9.59 Å². The Morgan fingerprint density at radius 2 is 1.81 bits per heavy atom. The van der Waals surface area contributed by atoms with Gasteiger partial charge in [-0.1, -0.05) is 0 Å². The lowest BCUT2D eigenvalue weighted by Crippen LogP contribution is -2.43. The molecule has 0 bridgehead atoms. The number of carbonyl (C=O) groups excluding carboxylic acids is 2. The van der Waals surface area contributed by atoms with E-state index >= 15 is 0 Å². The van der Waals surface area contributed by atoms with Crippen molar-refractivity contribution in [2.24, 2.45) is 0 Å². The number of aromatic nitrogens is 2. The van der Waals surface area contributed by atoms with Crippen LogP contribution < -0.4 is 0 Å². The van der Waals surface area contributed by atoms with E-state index in [0.29, 0.717) is 23.6 Å². The first-order valence-corrected chi connectivity index (χ1v) is 10.0. The van der Waals surface area contributed by atoms with Gasteiger partial charge in [0, 0.05) is 25.8 Å². The molecule has 2 aliphatic heterocycles. The normalized spacial score (nSPS) is 20.8. The molecule has 0 aromatic carbocycles. The zero-order chi connectivity index (χ0) is 19.4.